The average molecular weight is 299 g/mol. The van der Waals surface area contributed by atoms with Crippen LogP contribution in [-0.2, 0) is 14.6 Å². The molecule has 15 heavy (non-hydrogen) atoms. The van der Waals surface area contributed by atoms with Crippen molar-refractivity contribution >= 4 is 25.8 Å². The smallest absolute Gasteiger partial charge is 0.153 e. The Bertz CT molecular complexity index is 256. The summed E-state index contributed by atoms with van der Waals surface area (Å²) in [4.78, 5) is 0. The zero-order valence-electron chi connectivity index (χ0n) is 9.12. The molecule has 1 aliphatic rings. The first-order chi connectivity index (χ1) is 7.07. The van der Waals surface area contributed by atoms with E-state index in [1.807, 2.05) is 6.92 Å². The lowest BCUT2D eigenvalue weighted by Crippen LogP contribution is -2.26. The summed E-state index contributed by atoms with van der Waals surface area (Å²) in [5.41, 5.74) is 0. The highest BCUT2D eigenvalue weighted by Gasteiger charge is 2.25. The fraction of sp³-hybridized carbons (Fsp3) is 1.00. The van der Waals surface area contributed by atoms with E-state index >= 15 is 0 Å². The molecule has 0 bridgehead atoms. The molecule has 0 aliphatic carbocycles. The SMILES string of the molecule is CCC(CBr)CS(=O)(=O)CC1CCCO1. The van der Waals surface area contributed by atoms with Gasteiger partial charge in [-0.3, -0.25) is 0 Å². The van der Waals surface area contributed by atoms with Gasteiger partial charge < -0.3 is 4.74 Å². The molecule has 0 aromatic heterocycles. The highest BCUT2D eigenvalue weighted by molar-refractivity contribution is 9.09. The van der Waals surface area contributed by atoms with Crippen LogP contribution in [0.25, 0.3) is 0 Å². The molecular formula is C10H19BrO3S. The van der Waals surface area contributed by atoms with Gasteiger partial charge in [-0.05, 0) is 18.8 Å². The molecule has 2 atom stereocenters. The van der Waals surface area contributed by atoms with Gasteiger partial charge in [-0.2, -0.15) is 0 Å². The third-order valence-corrected chi connectivity index (χ3v) is 5.52. The summed E-state index contributed by atoms with van der Waals surface area (Å²) >= 11 is 3.35. The summed E-state index contributed by atoms with van der Waals surface area (Å²) < 4.78 is 29.0. The van der Waals surface area contributed by atoms with Crippen LogP contribution in [0.1, 0.15) is 26.2 Å². The van der Waals surface area contributed by atoms with Gasteiger partial charge in [-0.25, -0.2) is 8.42 Å². The number of hydrogen-bond donors (Lipinski definition) is 0. The molecule has 5 heteroatoms. The monoisotopic (exact) mass is 298 g/mol. The lowest BCUT2D eigenvalue weighted by Gasteiger charge is -2.14. The van der Waals surface area contributed by atoms with Crippen molar-refractivity contribution in [3.05, 3.63) is 0 Å². The van der Waals surface area contributed by atoms with Gasteiger partial charge >= 0.3 is 0 Å². The van der Waals surface area contributed by atoms with Crippen molar-refractivity contribution in [1.29, 1.82) is 0 Å². The molecule has 0 radical (unpaired) electrons. The van der Waals surface area contributed by atoms with Gasteiger partial charge in [0, 0.05) is 11.9 Å². The molecule has 0 amide bonds. The molecule has 0 saturated carbocycles. The summed E-state index contributed by atoms with van der Waals surface area (Å²) in [6, 6.07) is 0. The van der Waals surface area contributed by atoms with Gasteiger partial charge in [0.25, 0.3) is 0 Å². The van der Waals surface area contributed by atoms with Crippen LogP contribution in [0.4, 0.5) is 0 Å². The topological polar surface area (TPSA) is 43.4 Å². The molecule has 1 saturated heterocycles. The number of alkyl halides is 1. The van der Waals surface area contributed by atoms with Crippen LogP contribution < -0.4 is 0 Å². The molecule has 0 N–H and O–H groups in total. The predicted molar refractivity (Wildman–Crippen MR) is 65.2 cm³/mol. The van der Waals surface area contributed by atoms with E-state index in [2.05, 4.69) is 15.9 Å². The van der Waals surface area contributed by atoms with Crippen LogP contribution in [0.5, 0.6) is 0 Å². The molecule has 0 spiro atoms. The number of ether oxygens (including phenoxy) is 1. The summed E-state index contributed by atoms with van der Waals surface area (Å²) in [6.45, 7) is 2.74. The largest absolute Gasteiger partial charge is 0.377 e. The summed E-state index contributed by atoms with van der Waals surface area (Å²) in [7, 11) is -2.94. The van der Waals surface area contributed by atoms with E-state index in [1.165, 1.54) is 0 Å². The fourth-order valence-corrected chi connectivity index (χ4v) is 4.78. The Labute approximate surface area is 101 Å². The van der Waals surface area contributed by atoms with Crippen molar-refractivity contribution in [2.75, 3.05) is 23.4 Å². The minimum absolute atomic E-state index is 0.0529. The van der Waals surface area contributed by atoms with Gasteiger partial charge in [0.05, 0.1) is 17.6 Å². The molecule has 0 aromatic carbocycles. The average Bonchev–Trinajstić information content (AvgIpc) is 2.66. The fourth-order valence-electron chi connectivity index (χ4n) is 1.76. The Morgan fingerprint density at radius 1 is 1.53 bits per heavy atom. The Hall–Kier alpha value is 0.390. The molecule has 1 rings (SSSR count). The molecule has 3 nitrogen and oxygen atoms in total. The number of rotatable bonds is 6. The van der Waals surface area contributed by atoms with Crippen LogP contribution in [0, 0.1) is 5.92 Å². The zero-order valence-corrected chi connectivity index (χ0v) is 11.5. The van der Waals surface area contributed by atoms with E-state index in [4.69, 9.17) is 4.74 Å². The van der Waals surface area contributed by atoms with Crippen molar-refractivity contribution < 1.29 is 13.2 Å². The standard InChI is InChI=1S/C10H19BrO3S/c1-2-9(6-11)7-15(12,13)8-10-4-3-5-14-10/h9-10H,2-8H2,1H3. The molecule has 90 valence electrons. The Morgan fingerprint density at radius 3 is 2.73 bits per heavy atom. The van der Waals surface area contributed by atoms with Gasteiger partial charge in [0.15, 0.2) is 9.84 Å². The third-order valence-electron chi connectivity index (χ3n) is 2.75. The van der Waals surface area contributed by atoms with Crippen LogP contribution in [-0.4, -0.2) is 38.0 Å². The van der Waals surface area contributed by atoms with Crippen molar-refractivity contribution in [2.24, 2.45) is 5.92 Å². The molecule has 1 heterocycles. The minimum atomic E-state index is -2.94. The first kappa shape index (κ1) is 13.5. The third kappa shape index (κ3) is 4.83. The van der Waals surface area contributed by atoms with E-state index in [-0.39, 0.29) is 23.5 Å². The quantitative estimate of drug-likeness (QED) is 0.705. The second-order valence-corrected chi connectivity index (χ2v) is 6.94. The van der Waals surface area contributed by atoms with Gasteiger partial charge in [0.2, 0.25) is 0 Å². The second-order valence-electron chi connectivity index (χ2n) is 4.14. The first-order valence-electron chi connectivity index (χ1n) is 5.45. The van der Waals surface area contributed by atoms with E-state index in [0.717, 1.165) is 31.2 Å². The molecule has 0 aromatic rings. The van der Waals surface area contributed by atoms with Crippen LogP contribution in [0.3, 0.4) is 0 Å². The molecule has 2 unspecified atom stereocenters. The van der Waals surface area contributed by atoms with Crippen molar-refractivity contribution in [1.82, 2.24) is 0 Å². The second kappa shape index (κ2) is 6.21. The van der Waals surface area contributed by atoms with Crippen molar-refractivity contribution in [2.45, 2.75) is 32.3 Å². The van der Waals surface area contributed by atoms with E-state index in [1.54, 1.807) is 0 Å². The highest BCUT2D eigenvalue weighted by atomic mass is 79.9. The lowest BCUT2D eigenvalue weighted by atomic mass is 10.2. The molecular weight excluding hydrogens is 280 g/mol. The van der Waals surface area contributed by atoms with Gasteiger partial charge in [-0.1, -0.05) is 29.3 Å². The minimum Gasteiger partial charge on any atom is -0.377 e. The van der Waals surface area contributed by atoms with Crippen LogP contribution in [0.15, 0.2) is 0 Å². The Balaban J connectivity index is 2.43. The Kier molecular flexibility index (Phi) is 5.57. The summed E-state index contributed by atoms with van der Waals surface area (Å²) in [5.74, 6) is 0.724. The summed E-state index contributed by atoms with van der Waals surface area (Å²) in [6.07, 6.45) is 2.73. The van der Waals surface area contributed by atoms with E-state index in [9.17, 15) is 8.42 Å². The number of hydrogen-bond acceptors (Lipinski definition) is 3. The van der Waals surface area contributed by atoms with Crippen LogP contribution in [0.2, 0.25) is 0 Å². The highest BCUT2D eigenvalue weighted by Crippen LogP contribution is 2.17. The van der Waals surface area contributed by atoms with E-state index < -0.39 is 9.84 Å². The lowest BCUT2D eigenvalue weighted by molar-refractivity contribution is 0.127. The molecule has 1 fully saturated rings. The number of halogens is 1. The predicted octanol–water partition coefficient (Wildman–Crippen LogP) is 2.00. The Morgan fingerprint density at radius 2 is 2.27 bits per heavy atom. The van der Waals surface area contributed by atoms with Gasteiger partial charge in [-0.15, -0.1) is 0 Å². The maximum atomic E-state index is 11.8. The van der Waals surface area contributed by atoms with Crippen molar-refractivity contribution in [3.63, 3.8) is 0 Å². The van der Waals surface area contributed by atoms with Crippen molar-refractivity contribution in [3.8, 4) is 0 Å². The normalized spacial score (nSPS) is 24.3. The first-order valence-corrected chi connectivity index (χ1v) is 8.39. The maximum absolute atomic E-state index is 11.8. The van der Waals surface area contributed by atoms with Gasteiger partial charge in [0.1, 0.15) is 0 Å². The van der Waals surface area contributed by atoms with Crippen LogP contribution >= 0.6 is 15.9 Å². The number of sulfone groups is 1. The summed E-state index contributed by atoms with van der Waals surface area (Å²) in [5, 5.41) is 0.758. The van der Waals surface area contributed by atoms with E-state index in [0.29, 0.717) is 0 Å². The molecule has 1 aliphatic heterocycles. The maximum Gasteiger partial charge on any atom is 0.153 e. The zero-order chi connectivity index (χ0) is 11.3.